The van der Waals surface area contributed by atoms with Gasteiger partial charge in [0.25, 0.3) is 5.56 Å². The first-order chi connectivity index (χ1) is 11.9. The molecule has 25 heavy (non-hydrogen) atoms. The third-order valence-corrected chi connectivity index (χ3v) is 3.90. The first-order valence-electron chi connectivity index (χ1n) is 7.43. The molecule has 9 nitrogen and oxygen atoms in total. The number of halogens is 1. The summed E-state index contributed by atoms with van der Waals surface area (Å²) in [5.74, 6) is -1.82. The van der Waals surface area contributed by atoms with Crippen LogP contribution >= 0.6 is 0 Å². The number of nitrogens with zero attached hydrogens (tertiary/aromatic N) is 1. The second kappa shape index (κ2) is 6.76. The summed E-state index contributed by atoms with van der Waals surface area (Å²) in [5, 5.41) is 31.7. The van der Waals surface area contributed by atoms with Crippen LogP contribution < -0.4 is 16.6 Å². The van der Waals surface area contributed by atoms with Gasteiger partial charge in [-0.25, -0.2) is 9.36 Å². The molecule has 10 heteroatoms. The number of hydrogen-bond donors (Lipinski definition) is 5. The van der Waals surface area contributed by atoms with E-state index >= 15 is 0 Å². The second-order valence-corrected chi connectivity index (χ2v) is 5.51. The van der Waals surface area contributed by atoms with Crippen LogP contribution in [0.5, 0.6) is 0 Å². The van der Waals surface area contributed by atoms with Gasteiger partial charge in [0.05, 0.1) is 6.61 Å². The number of aromatic amines is 1. The van der Waals surface area contributed by atoms with Crippen LogP contribution in [0.4, 0.5) is 15.9 Å². The molecule has 0 saturated carbocycles. The lowest BCUT2D eigenvalue weighted by molar-refractivity contribution is -0.0542. The van der Waals surface area contributed by atoms with Gasteiger partial charge in [0, 0.05) is 5.69 Å². The van der Waals surface area contributed by atoms with E-state index in [0.717, 1.165) is 0 Å². The van der Waals surface area contributed by atoms with Gasteiger partial charge < -0.3 is 25.4 Å². The Morgan fingerprint density at radius 2 is 1.88 bits per heavy atom. The van der Waals surface area contributed by atoms with E-state index in [4.69, 9.17) is 9.84 Å². The van der Waals surface area contributed by atoms with E-state index in [0.29, 0.717) is 10.3 Å². The lowest BCUT2D eigenvalue weighted by Crippen LogP contribution is -2.40. The first-order valence-corrected chi connectivity index (χ1v) is 7.43. The molecule has 2 unspecified atom stereocenters. The molecule has 0 amide bonds. The van der Waals surface area contributed by atoms with E-state index in [1.807, 2.05) is 0 Å². The van der Waals surface area contributed by atoms with Crippen molar-refractivity contribution in [3.8, 4) is 0 Å². The summed E-state index contributed by atoms with van der Waals surface area (Å²) in [4.78, 5) is 25.6. The number of hydrogen-bond acceptors (Lipinski definition) is 7. The number of ether oxygens (including phenoxy) is 1. The smallest absolute Gasteiger partial charge is 0.332 e. The van der Waals surface area contributed by atoms with Crippen molar-refractivity contribution in [2.24, 2.45) is 0 Å². The summed E-state index contributed by atoms with van der Waals surface area (Å²) >= 11 is 0. The van der Waals surface area contributed by atoms with E-state index < -0.39 is 54.0 Å². The molecule has 2 heterocycles. The average molecular weight is 353 g/mol. The fraction of sp³-hybridized carbons (Fsp3) is 0.333. The molecule has 1 fully saturated rings. The van der Waals surface area contributed by atoms with Crippen LogP contribution in [-0.2, 0) is 4.74 Å². The van der Waals surface area contributed by atoms with Crippen molar-refractivity contribution in [3.63, 3.8) is 0 Å². The Balaban J connectivity index is 2.12. The van der Waals surface area contributed by atoms with E-state index in [-0.39, 0.29) is 0 Å². The van der Waals surface area contributed by atoms with Crippen LogP contribution in [0.25, 0.3) is 0 Å². The fourth-order valence-corrected chi connectivity index (χ4v) is 2.64. The summed E-state index contributed by atoms with van der Waals surface area (Å²) in [6.07, 6.45) is -5.76. The molecule has 2 aromatic rings. The highest BCUT2D eigenvalue weighted by Crippen LogP contribution is 2.31. The Labute approximate surface area is 139 Å². The third-order valence-electron chi connectivity index (χ3n) is 3.90. The predicted octanol–water partition coefficient (Wildman–Crippen LogP) is -0.969. The number of aliphatic hydroxyl groups excluding tert-OH is 3. The Morgan fingerprint density at radius 1 is 1.20 bits per heavy atom. The van der Waals surface area contributed by atoms with Crippen LogP contribution in [-0.4, -0.2) is 49.8 Å². The van der Waals surface area contributed by atoms with E-state index in [1.54, 1.807) is 35.3 Å². The van der Waals surface area contributed by atoms with Gasteiger partial charge in [-0.05, 0) is 12.1 Å². The van der Waals surface area contributed by atoms with Crippen LogP contribution in [0.15, 0.2) is 39.9 Å². The molecule has 134 valence electrons. The van der Waals surface area contributed by atoms with Gasteiger partial charge >= 0.3 is 5.69 Å². The number of aromatic nitrogens is 2. The molecule has 1 aliphatic heterocycles. The topological polar surface area (TPSA) is 137 Å². The standard InChI is InChI=1S/C15H16FN3O6/c16-9-12(17-7-4-2-1-3-5-7)19(15(24)18-13(9)23)14-11(22)10(21)8(6-20)25-14/h1-5,8,10-11,14,17,20-22H,6H2,(H,18,23,24)/t8-,10?,11?,14-/m0/s1. The number of H-pyrrole nitrogens is 1. The maximum Gasteiger partial charge on any atom is 0.332 e. The zero-order valence-corrected chi connectivity index (χ0v) is 12.8. The molecule has 5 N–H and O–H groups in total. The predicted molar refractivity (Wildman–Crippen MR) is 84.0 cm³/mol. The molecule has 1 saturated heterocycles. The number of para-hydroxylation sites is 1. The molecule has 0 radical (unpaired) electrons. The molecule has 4 atom stereocenters. The molecule has 3 rings (SSSR count). The number of rotatable bonds is 4. The summed E-state index contributed by atoms with van der Waals surface area (Å²) in [7, 11) is 0. The Kier molecular flexibility index (Phi) is 4.68. The van der Waals surface area contributed by atoms with E-state index in [2.05, 4.69) is 5.32 Å². The highest BCUT2D eigenvalue weighted by atomic mass is 19.1. The first kappa shape index (κ1) is 17.3. The molecule has 0 aliphatic carbocycles. The number of nitrogens with one attached hydrogen (secondary N) is 2. The minimum atomic E-state index is -1.61. The SMILES string of the molecule is O=c1[nH]c(=O)n([C@H]2O[C@@H](CO)C(O)C2O)c(Nc2ccccc2)c1F. The highest BCUT2D eigenvalue weighted by Gasteiger charge is 2.45. The van der Waals surface area contributed by atoms with E-state index in [1.165, 1.54) is 0 Å². The van der Waals surface area contributed by atoms with Crippen molar-refractivity contribution in [1.82, 2.24) is 9.55 Å². The van der Waals surface area contributed by atoms with Gasteiger partial charge in [-0.15, -0.1) is 0 Å². The van der Waals surface area contributed by atoms with Crippen LogP contribution in [0.3, 0.4) is 0 Å². The third kappa shape index (κ3) is 3.07. The van der Waals surface area contributed by atoms with Crippen LogP contribution in [0.1, 0.15) is 6.23 Å². The van der Waals surface area contributed by atoms with Crippen molar-refractivity contribution in [1.29, 1.82) is 0 Å². The molecular formula is C15H16FN3O6. The largest absolute Gasteiger partial charge is 0.394 e. The monoisotopic (exact) mass is 353 g/mol. The zero-order chi connectivity index (χ0) is 18.1. The quantitative estimate of drug-likeness (QED) is 0.477. The number of aliphatic hydroxyl groups is 3. The Morgan fingerprint density at radius 3 is 2.48 bits per heavy atom. The van der Waals surface area contributed by atoms with Crippen LogP contribution in [0, 0.1) is 5.82 Å². The van der Waals surface area contributed by atoms with Gasteiger partial charge in [-0.1, -0.05) is 18.2 Å². The maximum atomic E-state index is 14.4. The highest BCUT2D eigenvalue weighted by molar-refractivity contribution is 5.56. The molecule has 1 aromatic heterocycles. The fourth-order valence-electron chi connectivity index (χ4n) is 2.64. The van der Waals surface area contributed by atoms with Crippen molar-refractivity contribution in [2.45, 2.75) is 24.5 Å². The molecule has 0 spiro atoms. The normalized spacial score (nSPS) is 25.9. The zero-order valence-electron chi connectivity index (χ0n) is 12.8. The summed E-state index contributed by atoms with van der Waals surface area (Å²) < 4.78 is 20.3. The van der Waals surface area contributed by atoms with Gasteiger partial charge in [0.15, 0.2) is 12.0 Å². The van der Waals surface area contributed by atoms with Crippen molar-refractivity contribution in [2.75, 3.05) is 11.9 Å². The maximum absolute atomic E-state index is 14.4. The van der Waals surface area contributed by atoms with Crippen molar-refractivity contribution >= 4 is 11.5 Å². The van der Waals surface area contributed by atoms with Crippen molar-refractivity contribution < 1.29 is 24.4 Å². The summed E-state index contributed by atoms with van der Waals surface area (Å²) in [5.41, 5.74) is -1.90. The lowest BCUT2D eigenvalue weighted by Gasteiger charge is -2.22. The molecule has 1 aromatic carbocycles. The van der Waals surface area contributed by atoms with Crippen LogP contribution in [0.2, 0.25) is 0 Å². The Bertz CT molecular complexity index is 868. The van der Waals surface area contributed by atoms with Gasteiger partial charge in [-0.3, -0.25) is 9.78 Å². The van der Waals surface area contributed by atoms with E-state index in [9.17, 15) is 24.2 Å². The Hall–Kier alpha value is -2.53. The molecular weight excluding hydrogens is 337 g/mol. The lowest BCUT2D eigenvalue weighted by atomic mass is 10.1. The molecule has 0 bridgehead atoms. The summed E-state index contributed by atoms with van der Waals surface area (Å²) in [6, 6.07) is 8.18. The summed E-state index contributed by atoms with van der Waals surface area (Å²) in [6.45, 7) is -0.614. The number of benzene rings is 1. The van der Waals surface area contributed by atoms with Gasteiger partial charge in [0.1, 0.15) is 18.3 Å². The number of anilines is 2. The minimum absolute atomic E-state index is 0.381. The second-order valence-electron chi connectivity index (χ2n) is 5.51. The minimum Gasteiger partial charge on any atom is -0.394 e. The van der Waals surface area contributed by atoms with Crippen molar-refractivity contribution in [3.05, 3.63) is 57.0 Å². The van der Waals surface area contributed by atoms with Gasteiger partial charge in [0.2, 0.25) is 5.82 Å². The average Bonchev–Trinajstić information content (AvgIpc) is 2.88. The molecule has 1 aliphatic rings. The van der Waals surface area contributed by atoms with Gasteiger partial charge in [-0.2, -0.15) is 4.39 Å².